The highest BCUT2D eigenvalue weighted by molar-refractivity contribution is 6.31. The Hall–Kier alpha value is -2.53. The maximum Gasteiger partial charge on any atom is 0.410 e. The standard InChI is InChI=1S/C20H20ClNO4/c1-13-9-15(7-8-18(13)21)16-10-22(11-17(16)19(23)24)20(25)26-12-14-5-3-2-4-6-14/h2-9,16-17H,10-12H2,1H3,(H,23,24)/t16-,17+/m0/s1. The number of carbonyl (C=O) groups is 2. The van der Waals surface area contributed by atoms with E-state index >= 15 is 0 Å². The first-order valence-corrected chi connectivity index (χ1v) is 8.78. The number of amides is 1. The Labute approximate surface area is 157 Å². The van der Waals surface area contributed by atoms with Gasteiger partial charge in [0.1, 0.15) is 6.61 Å². The van der Waals surface area contributed by atoms with Gasteiger partial charge in [0.05, 0.1) is 5.92 Å². The second-order valence-electron chi connectivity index (χ2n) is 6.51. The third kappa shape index (κ3) is 3.99. The van der Waals surface area contributed by atoms with Crippen molar-refractivity contribution in [3.63, 3.8) is 0 Å². The molecule has 0 saturated carbocycles. The van der Waals surface area contributed by atoms with Crippen LogP contribution >= 0.6 is 11.6 Å². The number of carbonyl (C=O) groups excluding carboxylic acids is 1. The Kier molecular flexibility index (Phi) is 5.47. The molecule has 0 bridgehead atoms. The summed E-state index contributed by atoms with van der Waals surface area (Å²) in [4.78, 5) is 25.5. The molecule has 1 fully saturated rings. The Bertz CT molecular complexity index is 809. The fraction of sp³-hybridized carbons (Fsp3) is 0.300. The predicted molar refractivity (Wildman–Crippen MR) is 98.3 cm³/mol. The number of nitrogens with zero attached hydrogens (tertiary/aromatic N) is 1. The van der Waals surface area contributed by atoms with E-state index in [2.05, 4.69) is 0 Å². The summed E-state index contributed by atoms with van der Waals surface area (Å²) in [5, 5.41) is 10.2. The van der Waals surface area contributed by atoms with Crippen LogP contribution in [0.5, 0.6) is 0 Å². The van der Waals surface area contributed by atoms with Crippen LogP contribution in [0.15, 0.2) is 48.5 Å². The molecule has 1 N–H and O–H groups in total. The molecular formula is C20H20ClNO4. The summed E-state index contributed by atoms with van der Waals surface area (Å²) in [6.45, 7) is 2.49. The van der Waals surface area contributed by atoms with Gasteiger partial charge in [0, 0.05) is 24.0 Å². The highest BCUT2D eigenvalue weighted by Gasteiger charge is 2.41. The smallest absolute Gasteiger partial charge is 0.410 e. The molecule has 0 unspecified atom stereocenters. The maximum absolute atomic E-state index is 12.4. The fourth-order valence-electron chi connectivity index (χ4n) is 3.25. The van der Waals surface area contributed by atoms with Gasteiger partial charge in [-0.25, -0.2) is 4.79 Å². The zero-order valence-electron chi connectivity index (χ0n) is 14.4. The third-order valence-corrected chi connectivity index (χ3v) is 5.13. The topological polar surface area (TPSA) is 66.8 Å². The number of hydrogen-bond acceptors (Lipinski definition) is 3. The molecule has 26 heavy (non-hydrogen) atoms. The summed E-state index contributed by atoms with van der Waals surface area (Å²) < 4.78 is 5.34. The molecule has 5 nitrogen and oxygen atoms in total. The normalized spacial score (nSPS) is 19.4. The Morgan fingerprint density at radius 3 is 2.58 bits per heavy atom. The number of halogens is 1. The van der Waals surface area contributed by atoms with Crippen LogP contribution in [-0.4, -0.2) is 35.2 Å². The van der Waals surface area contributed by atoms with Crippen molar-refractivity contribution in [2.24, 2.45) is 5.92 Å². The number of rotatable bonds is 4. The lowest BCUT2D eigenvalue weighted by molar-refractivity contribution is -0.141. The van der Waals surface area contributed by atoms with E-state index in [4.69, 9.17) is 16.3 Å². The first kappa shape index (κ1) is 18.3. The van der Waals surface area contributed by atoms with E-state index in [-0.39, 0.29) is 19.1 Å². The van der Waals surface area contributed by atoms with Gasteiger partial charge in [-0.05, 0) is 29.7 Å². The van der Waals surface area contributed by atoms with Crippen LogP contribution in [0.1, 0.15) is 22.6 Å². The maximum atomic E-state index is 12.4. The van der Waals surface area contributed by atoms with Crippen molar-refractivity contribution in [3.8, 4) is 0 Å². The molecule has 2 atom stereocenters. The molecule has 0 aromatic heterocycles. The van der Waals surface area contributed by atoms with Gasteiger partial charge in [-0.2, -0.15) is 0 Å². The Morgan fingerprint density at radius 2 is 1.92 bits per heavy atom. The van der Waals surface area contributed by atoms with E-state index in [9.17, 15) is 14.7 Å². The Morgan fingerprint density at radius 1 is 1.19 bits per heavy atom. The predicted octanol–water partition coefficient (Wildman–Crippen LogP) is 4.09. The first-order chi connectivity index (χ1) is 12.5. The van der Waals surface area contributed by atoms with Crippen molar-refractivity contribution >= 4 is 23.7 Å². The number of aliphatic carboxylic acids is 1. The van der Waals surface area contributed by atoms with Crippen LogP contribution in [0.25, 0.3) is 0 Å². The van der Waals surface area contributed by atoms with Crippen LogP contribution in [0, 0.1) is 12.8 Å². The number of aryl methyl sites for hydroxylation is 1. The molecule has 0 spiro atoms. The number of ether oxygens (including phenoxy) is 1. The van der Waals surface area contributed by atoms with E-state index in [0.717, 1.165) is 16.7 Å². The molecule has 3 rings (SSSR count). The van der Waals surface area contributed by atoms with Crippen LogP contribution < -0.4 is 0 Å². The molecule has 0 aliphatic carbocycles. The minimum absolute atomic E-state index is 0.134. The van der Waals surface area contributed by atoms with Gasteiger partial charge < -0.3 is 14.7 Å². The van der Waals surface area contributed by atoms with Gasteiger partial charge >= 0.3 is 12.1 Å². The van der Waals surface area contributed by atoms with E-state index in [1.165, 1.54) is 4.90 Å². The lowest BCUT2D eigenvalue weighted by Gasteiger charge is -2.17. The van der Waals surface area contributed by atoms with Crippen molar-refractivity contribution in [2.75, 3.05) is 13.1 Å². The highest BCUT2D eigenvalue weighted by Crippen LogP contribution is 2.34. The van der Waals surface area contributed by atoms with Gasteiger partial charge in [0.25, 0.3) is 0 Å². The van der Waals surface area contributed by atoms with Gasteiger partial charge in [-0.15, -0.1) is 0 Å². The Balaban J connectivity index is 1.71. The number of likely N-dealkylation sites (tertiary alicyclic amines) is 1. The summed E-state index contributed by atoms with van der Waals surface area (Å²) in [5.41, 5.74) is 2.65. The van der Waals surface area contributed by atoms with Gasteiger partial charge in [-0.3, -0.25) is 4.79 Å². The molecule has 1 saturated heterocycles. The average Bonchev–Trinajstić information content (AvgIpc) is 3.09. The van der Waals surface area contributed by atoms with Gasteiger partial charge in [0.15, 0.2) is 0 Å². The molecule has 1 aliphatic heterocycles. The van der Waals surface area contributed by atoms with Crippen LogP contribution in [0.2, 0.25) is 5.02 Å². The van der Waals surface area contributed by atoms with E-state index < -0.39 is 18.0 Å². The van der Waals surface area contributed by atoms with Crippen molar-refractivity contribution in [2.45, 2.75) is 19.4 Å². The molecular weight excluding hydrogens is 354 g/mol. The van der Waals surface area contributed by atoms with Crippen LogP contribution in [0.3, 0.4) is 0 Å². The van der Waals surface area contributed by atoms with Crippen molar-refractivity contribution in [1.82, 2.24) is 4.90 Å². The number of benzene rings is 2. The van der Waals surface area contributed by atoms with E-state index in [0.29, 0.717) is 11.6 Å². The van der Waals surface area contributed by atoms with Gasteiger partial charge in [-0.1, -0.05) is 54.1 Å². The molecule has 6 heteroatoms. The molecule has 1 amide bonds. The number of carboxylic acid groups (broad SMARTS) is 1. The van der Waals surface area contributed by atoms with Crippen molar-refractivity contribution in [1.29, 1.82) is 0 Å². The lowest BCUT2D eigenvalue weighted by Crippen LogP contribution is -2.30. The average molecular weight is 374 g/mol. The molecule has 1 aliphatic rings. The van der Waals surface area contributed by atoms with E-state index in [1.807, 2.05) is 49.4 Å². The molecule has 1 heterocycles. The van der Waals surface area contributed by atoms with Crippen LogP contribution in [-0.2, 0) is 16.1 Å². The van der Waals surface area contributed by atoms with Crippen LogP contribution in [0.4, 0.5) is 4.79 Å². The number of carboxylic acids is 1. The molecule has 136 valence electrons. The fourth-order valence-corrected chi connectivity index (χ4v) is 3.37. The summed E-state index contributed by atoms with van der Waals surface area (Å²) in [6.07, 6.45) is -0.492. The molecule has 2 aromatic rings. The largest absolute Gasteiger partial charge is 0.481 e. The minimum atomic E-state index is -0.916. The second-order valence-corrected chi connectivity index (χ2v) is 6.91. The third-order valence-electron chi connectivity index (χ3n) is 4.71. The zero-order chi connectivity index (χ0) is 18.7. The summed E-state index contributed by atoms with van der Waals surface area (Å²) in [7, 11) is 0. The van der Waals surface area contributed by atoms with Crippen molar-refractivity contribution < 1.29 is 19.4 Å². The van der Waals surface area contributed by atoms with E-state index in [1.54, 1.807) is 6.07 Å². The second kappa shape index (κ2) is 7.79. The first-order valence-electron chi connectivity index (χ1n) is 8.40. The molecule has 0 radical (unpaired) electrons. The molecule has 2 aromatic carbocycles. The van der Waals surface area contributed by atoms with Gasteiger partial charge in [0.2, 0.25) is 0 Å². The number of hydrogen-bond donors (Lipinski definition) is 1. The summed E-state index contributed by atoms with van der Waals surface area (Å²) >= 11 is 6.06. The monoisotopic (exact) mass is 373 g/mol. The highest BCUT2D eigenvalue weighted by atomic mass is 35.5. The van der Waals surface area contributed by atoms with Crippen molar-refractivity contribution in [3.05, 3.63) is 70.2 Å². The quantitative estimate of drug-likeness (QED) is 0.876. The SMILES string of the molecule is Cc1cc([C@@H]2CN(C(=O)OCc3ccccc3)C[C@H]2C(=O)O)ccc1Cl. The minimum Gasteiger partial charge on any atom is -0.481 e. The summed E-state index contributed by atoms with van der Waals surface area (Å²) in [5.74, 6) is -1.87. The lowest BCUT2D eigenvalue weighted by atomic mass is 9.88. The summed E-state index contributed by atoms with van der Waals surface area (Å²) in [6, 6.07) is 14.9. The zero-order valence-corrected chi connectivity index (χ0v) is 15.1.